The van der Waals surface area contributed by atoms with Gasteiger partial charge in [0, 0.05) is 11.9 Å². The quantitative estimate of drug-likeness (QED) is 0.412. The van der Waals surface area contributed by atoms with E-state index in [4.69, 9.17) is 16.3 Å². The van der Waals surface area contributed by atoms with Crippen LogP contribution in [0.1, 0.15) is 15.9 Å². The van der Waals surface area contributed by atoms with E-state index in [-0.39, 0.29) is 15.6 Å². The molecule has 0 aliphatic carbocycles. The van der Waals surface area contributed by atoms with E-state index in [9.17, 15) is 18.0 Å². The van der Waals surface area contributed by atoms with Crippen molar-refractivity contribution in [2.24, 2.45) is 0 Å². The van der Waals surface area contributed by atoms with Gasteiger partial charge in [0.25, 0.3) is 15.9 Å². The van der Waals surface area contributed by atoms with Crippen molar-refractivity contribution in [3.63, 3.8) is 0 Å². The molecule has 0 fully saturated rings. The van der Waals surface area contributed by atoms with Crippen LogP contribution in [0.2, 0.25) is 5.15 Å². The molecule has 8 nitrogen and oxygen atoms in total. The van der Waals surface area contributed by atoms with Crippen molar-refractivity contribution in [1.29, 1.82) is 0 Å². The fourth-order valence-electron chi connectivity index (χ4n) is 2.49. The highest BCUT2D eigenvalue weighted by Gasteiger charge is 2.16. The van der Waals surface area contributed by atoms with E-state index < -0.39 is 28.5 Å². The largest absolute Gasteiger partial charge is 0.452 e. The van der Waals surface area contributed by atoms with Gasteiger partial charge in [0.15, 0.2) is 11.8 Å². The van der Waals surface area contributed by atoms with Crippen LogP contribution in [0.4, 0.5) is 11.4 Å². The lowest BCUT2D eigenvalue weighted by Gasteiger charge is -2.09. The van der Waals surface area contributed by atoms with Crippen LogP contribution in [-0.4, -0.2) is 31.9 Å². The molecule has 3 rings (SSSR count). The number of ether oxygens (including phenoxy) is 1. The third-order valence-corrected chi connectivity index (χ3v) is 5.77. The Morgan fingerprint density at radius 2 is 1.71 bits per heavy atom. The fourth-order valence-corrected chi connectivity index (χ4v) is 3.71. The molecule has 0 bridgehead atoms. The summed E-state index contributed by atoms with van der Waals surface area (Å²) in [5.41, 5.74) is 1.82. The van der Waals surface area contributed by atoms with E-state index in [2.05, 4.69) is 15.0 Å². The molecule has 1 aromatic heterocycles. The number of benzene rings is 2. The Kier molecular flexibility index (Phi) is 6.88. The Morgan fingerprint density at radius 3 is 2.35 bits per heavy atom. The van der Waals surface area contributed by atoms with E-state index in [1.54, 1.807) is 36.4 Å². The van der Waals surface area contributed by atoms with Crippen LogP contribution < -0.4 is 10.0 Å². The first-order valence-corrected chi connectivity index (χ1v) is 10.9. The summed E-state index contributed by atoms with van der Waals surface area (Å²) in [5.74, 6) is -1.37. The lowest BCUT2D eigenvalue weighted by Crippen LogP contribution is -2.21. The number of carbonyl (C=O) groups excluding carboxylic acids is 2. The van der Waals surface area contributed by atoms with Crippen LogP contribution in [0.25, 0.3) is 0 Å². The zero-order chi connectivity index (χ0) is 22.4. The maximum Gasteiger partial charge on any atom is 0.338 e. The molecule has 2 N–H and O–H groups in total. The number of pyridine rings is 1. The molecule has 3 aromatic rings. The van der Waals surface area contributed by atoms with E-state index >= 15 is 0 Å². The Hall–Kier alpha value is -3.43. The highest BCUT2D eigenvalue weighted by molar-refractivity contribution is 7.92. The number of aryl methyl sites for hydroxylation is 1. The van der Waals surface area contributed by atoms with E-state index in [0.29, 0.717) is 11.4 Å². The number of hydrogen-bond acceptors (Lipinski definition) is 6. The molecule has 0 saturated carbocycles. The van der Waals surface area contributed by atoms with Crippen LogP contribution in [0.5, 0.6) is 0 Å². The van der Waals surface area contributed by atoms with Crippen molar-refractivity contribution in [2.75, 3.05) is 16.6 Å². The van der Waals surface area contributed by atoms with Gasteiger partial charge in [-0.1, -0.05) is 29.3 Å². The average molecular weight is 460 g/mol. The molecule has 31 heavy (non-hydrogen) atoms. The van der Waals surface area contributed by atoms with E-state index in [1.165, 1.54) is 30.5 Å². The first-order valence-electron chi connectivity index (χ1n) is 9.02. The standard InChI is InChI=1S/C21H18ClN3O5S/c1-14-4-8-16(9-5-14)25-31(28,29)17-10-6-15(7-11-17)21(27)30-13-19(26)24-18-3-2-12-23-20(18)22/h2-12,25H,13H2,1H3,(H,24,26). The Bertz CT molecular complexity index is 1200. The minimum atomic E-state index is -3.82. The monoisotopic (exact) mass is 459 g/mol. The molecule has 1 heterocycles. The molecule has 1 amide bonds. The highest BCUT2D eigenvalue weighted by atomic mass is 35.5. The predicted molar refractivity (Wildman–Crippen MR) is 117 cm³/mol. The van der Waals surface area contributed by atoms with Crippen LogP contribution >= 0.6 is 11.6 Å². The first-order chi connectivity index (χ1) is 14.7. The first kappa shape index (κ1) is 22.3. The molecule has 0 aliphatic heterocycles. The number of rotatable bonds is 7. The van der Waals surface area contributed by atoms with Crippen molar-refractivity contribution < 1.29 is 22.7 Å². The summed E-state index contributed by atoms with van der Waals surface area (Å²) in [4.78, 5) is 27.9. The summed E-state index contributed by atoms with van der Waals surface area (Å²) in [6.07, 6.45) is 1.47. The zero-order valence-electron chi connectivity index (χ0n) is 16.3. The normalized spacial score (nSPS) is 10.9. The number of amides is 1. The molecule has 0 aliphatic rings. The number of halogens is 1. The number of esters is 1. The van der Waals surface area contributed by atoms with Gasteiger partial charge >= 0.3 is 5.97 Å². The zero-order valence-corrected chi connectivity index (χ0v) is 17.9. The topological polar surface area (TPSA) is 114 Å². The van der Waals surface area contributed by atoms with Crippen LogP contribution in [0, 0.1) is 6.92 Å². The summed E-state index contributed by atoms with van der Waals surface area (Å²) >= 11 is 5.85. The van der Waals surface area contributed by atoms with Crippen molar-refractivity contribution in [2.45, 2.75) is 11.8 Å². The average Bonchev–Trinajstić information content (AvgIpc) is 2.75. The second kappa shape index (κ2) is 9.59. The number of anilines is 2. The number of aromatic nitrogens is 1. The number of sulfonamides is 1. The molecule has 0 spiro atoms. The second-order valence-electron chi connectivity index (χ2n) is 6.46. The smallest absolute Gasteiger partial charge is 0.338 e. The maximum atomic E-state index is 12.5. The Morgan fingerprint density at radius 1 is 1.03 bits per heavy atom. The van der Waals surface area contributed by atoms with Crippen molar-refractivity contribution in [1.82, 2.24) is 4.98 Å². The third kappa shape index (κ3) is 6.03. The SMILES string of the molecule is Cc1ccc(NS(=O)(=O)c2ccc(C(=O)OCC(=O)Nc3cccnc3Cl)cc2)cc1. The predicted octanol–water partition coefficient (Wildman–Crippen LogP) is 3.64. The van der Waals surface area contributed by atoms with Gasteiger partial charge in [-0.15, -0.1) is 0 Å². The molecule has 2 aromatic carbocycles. The molecule has 0 saturated heterocycles. The molecule has 0 unspecified atom stereocenters. The molecule has 10 heteroatoms. The third-order valence-electron chi connectivity index (χ3n) is 4.07. The number of nitrogens with zero attached hydrogens (tertiary/aromatic N) is 1. The lowest BCUT2D eigenvalue weighted by molar-refractivity contribution is -0.119. The summed E-state index contributed by atoms with van der Waals surface area (Å²) in [7, 11) is -3.82. The number of carbonyl (C=O) groups is 2. The van der Waals surface area contributed by atoms with Gasteiger partial charge in [-0.2, -0.15) is 0 Å². The highest BCUT2D eigenvalue weighted by Crippen LogP contribution is 2.18. The number of nitrogens with one attached hydrogen (secondary N) is 2. The summed E-state index contributed by atoms with van der Waals surface area (Å²) in [6.45, 7) is 1.35. The minimum absolute atomic E-state index is 0.0198. The van der Waals surface area contributed by atoms with E-state index in [1.807, 2.05) is 6.92 Å². The second-order valence-corrected chi connectivity index (χ2v) is 8.50. The lowest BCUT2D eigenvalue weighted by atomic mass is 10.2. The van der Waals surface area contributed by atoms with Crippen LogP contribution in [-0.2, 0) is 19.6 Å². The van der Waals surface area contributed by atoms with Gasteiger partial charge in [-0.3, -0.25) is 9.52 Å². The maximum absolute atomic E-state index is 12.5. The van der Waals surface area contributed by atoms with Crippen molar-refractivity contribution in [3.05, 3.63) is 83.1 Å². The Labute approximate surface area is 184 Å². The molecule has 0 atom stereocenters. The van der Waals surface area contributed by atoms with Crippen molar-refractivity contribution >= 4 is 44.9 Å². The minimum Gasteiger partial charge on any atom is -0.452 e. The van der Waals surface area contributed by atoms with Gasteiger partial charge in [-0.05, 0) is 55.5 Å². The molecule has 0 radical (unpaired) electrons. The summed E-state index contributed by atoms with van der Waals surface area (Å²) in [6, 6.07) is 15.2. The Balaban J connectivity index is 1.58. The molecular formula is C21H18ClN3O5S. The van der Waals surface area contributed by atoms with Crippen LogP contribution in [0.15, 0.2) is 71.8 Å². The van der Waals surface area contributed by atoms with Gasteiger partial charge in [-0.25, -0.2) is 18.2 Å². The molecule has 160 valence electrons. The van der Waals surface area contributed by atoms with Gasteiger partial charge in [0.05, 0.1) is 16.1 Å². The fraction of sp³-hybridized carbons (Fsp3) is 0.0952. The van der Waals surface area contributed by atoms with Gasteiger partial charge in [0.1, 0.15) is 0 Å². The van der Waals surface area contributed by atoms with Crippen molar-refractivity contribution in [3.8, 4) is 0 Å². The van der Waals surface area contributed by atoms with E-state index in [0.717, 1.165) is 5.56 Å². The molecular weight excluding hydrogens is 442 g/mol. The summed E-state index contributed by atoms with van der Waals surface area (Å²) < 4.78 is 32.4. The van der Waals surface area contributed by atoms with Gasteiger partial charge < -0.3 is 10.1 Å². The number of hydrogen-bond donors (Lipinski definition) is 2. The summed E-state index contributed by atoms with van der Waals surface area (Å²) in [5, 5.41) is 2.58. The van der Waals surface area contributed by atoms with Crippen LogP contribution in [0.3, 0.4) is 0 Å². The van der Waals surface area contributed by atoms with Gasteiger partial charge in [0.2, 0.25) is 0 Å².